The Hall–Kier alpha value is -2.89. The number of carbonyl (C=O) groups is 2. The topological polar surface area (TPSA) is 80.3 Å². The summed E-state index contributed by atoms with van der Waals surface area (Å²) in [6.45, 7) is 5.27. The van der Waals surface area contributed by atoms with Gasteiger partial charge in [-0.3, -0.25) is 14.6 Å². The number of rotatable bonds is 9. The maximum absolute atomic E-state index is 12.4. The van der Waals surface area contributed by atoms with Crippen molar-refractivity contribution >= 4 is 11.8 Å². The van der Waals surface area contributed by atoms with Crippen LogP contribution >= 0.6 is 0 Å². The number of nitrogens with zero attached hydrogens (tertiary/aromatic N) is 1. The molecular formula is C21H27N3O3. The number of carbonyl (C=O) groups excluding carboxylic acids is 2. The minimum atomic E-state index is -0.255. The molecule has 1 heterocycles. The van der Waals surface area contributed by atoms with Gasteiger partial charge in [0.25, 0.3) is 11.8 Å². The fourth-order valence-corrected chi connectivity index (χ4v) is 2.59. The smallest absolute Gasteiger partial charge is 0.252 e. The minimum Gasteiger partial charge on any atom is -0.496 e. The van der Waals surface area contributed by atoms with Crippen LogP contribution in [0.5, 0.6) is 5.75 Å². The van der Waals surface area contributed by atoms with E-state index in [4.69, 9.17) is 4.74 Å². The van der Waals surface area contributed by atoms with Crippen LogP contribution in [0.25, 0.3) is 0 Å². The van der Waals surface area contributed by atoms with Gasteiger partial charge in [0.05, 0.1) is 18.2 Å². The van der Waals surface area contributed by atoms with Crippen molar-refractivity contribution in [3.63, 3.8) is 0 Å². The van der Waals surface area contributed by atoms with Gasteiger partial charge >= 0.3 is 0 Å². The lowest BCUT2D eigenvalue weighted by Crippen LogP contribution is -2.28. The monoisotopic (exact) mass is 369 g/mol. The Morgan fingerprint density at radius 1 is 1.04 bits per heavy atom. The van der Waals surface area contributed by atoms with Crippen molar-refractivity contribution in [3.8, 4) is 5.75 Å². The maximum Gasteiger partial charge on any atom is 0.252 e. The SMILES string of the molecule is COc1ccccc1CCNC(=O)c1cncc(C(=O)NCCC(C)C)c1. The average molecular weight is 369 g/mol. The number of nitrogens with one attached hydrogen (secondary N) is 2. The van der Waals surface area contributed by atoms with Gasteiger partial charge in [-0.1, -0.05) is 32.0 Å². The summed E-state index contributed by atoms with van der Waals surface area (Å²) in [5.74, 6) is 0.846. The third-order valence-corrected chi connectivity index (χ3v) is 4.14. The second-order valence-electron chi connectivity index (χ2n) is 6.72. The Balaban J connectivity index is 1.90. The molecular weight excluding hydrogens is 342 g/mol. The largest absolute Gasteiger partial charge is 0.496 e. The van der Waals surface area contributed by atoms with Gasteiger partial charge in [0.15, 0.2) is 0 Å². The molecule has 0 aliphatic heterocycles. The minimum absolute atomic E-state index is 0.216. The fourth-order valence-electron chi connectivity index (χ4n) is 2.59. The van der Waals surface area contributed by atoms with E-state index in [1.54, 1.807) is 13.2 Å². The molecule has 0 bridgehead atoms. The molecule has 0 aliphatic carbocycles. The second-order valence-corrected chi connectivity index (χ2v) is 6.72. The average Bonchev–Trinajstić information content (AvgIpc) is 2.68. The van der Waals surface area contributed by atoms with Gasteiger partial charge in [0.2, 0.25) is 0 Å². The van der Waals surface area contributed by atoms with E-state index in [1.807, 2.05) is 24.3 Å². The van der Waals surface area contributed by atoms with E-state index in [9.17, 15) is 9.59 Å². The molecule has 6 nitrogen and oxygen atoms in total. The van der Waals surface area contributed by atoms with Gasteiger partial charge in [-0.2, -0.15) is 0 Å². The zero-order valence-electron chi connectivity index (χ0n) is 16.1. The molecule has 1 aromatic heterocycles. The Labute approximate surface area is 160 Å². The fraction of sp³-hybridized carbons (Fsp3) is 0.381. The Morgan fingerprint density at radius 3 is 2.30 bits per heavy atom. The molecule has 2 aromatic rings. The lowest BCUT2D eigenvalue weighted by molar-refractivity contribution is 0.0951. The van der Waals surface area contributed by atoms with E-state index < -0.39 is 0 Å². The molecule has 0 saturated heterocycles. The first-order valence-electron chi connectivity index (χ1n) is 9.14. The third kappa shape index (κ3) is 6.40. The van der Waals surface area contributed by atoms with Crippen LogP contribution in [0.3, 0.4) is 0 Å². The highest BCUT2D eigenvalue weighted by molar-refractivity contribution is 5.99. The summed E-state index contributed by atoms with van der Waals surface area (Å²) < 4.78 is 5.31. The van der Waals surface area contributed by atoms with E-state index >= 15 is 0 Å². The molecule has 1 aromatic carbocycles. The zero-order valence-corrected chi connectivity index (χ0v) is 16.1. The number of ether oxygens (including phenoxy) is 1. The molecule has 0 spiro atoms. The predicted octanol–water partition coefficient (Wildman–Crippen LogP) is 2.84. The van der Waals surface area contributed by atoms with Crippen LogP contribution in [0.1, 0.15) is 46.5 Å². The van der Waals surface area contributed by atoms with Crippen LogP contribution < -0.4 is 15.4 Å². The van der Waals surface area contributed by atoms with Gasteiger partial charge in [-0.05, 0) is 36.5 Å². The summed E-state index contributed by atoms with van der Waals surface area (Å²) in [7, 11) is 1.63. The van der Waals surface area contributed by atoms with Crippen molar-refractivity contribution < 1.29 is 14.3 Å². The van der Waals surface area contributed by atoms with E-state index in [-0.39, 0.29) is 11.8 Å². The van der Waals surface area contributed by atoms with Crippen molar-refractivity contribution in [2.45, 2.75) is 26.7 Å². The summed E-state index contributed by atoms with van der Waals surface area (Å²) in [4.78, 5) is 28.5. The summed E-state index contributed by atoms with van der Waals surface area (Å²) in [5, 5.41) is 5.71. The van der Waals surface area contributed by atoms with E-state index in [2.05, 4.69) is 29.5 Å². The van der Waals surface area contributed by atoms with Crippen molar-refractivity contribution in [2.24, 2.45) is 5.92 Å². The quantitative estimate of drug-likeness (QED) is 0.712. The lowest BCUT2D eigenvalue weighted by atomic mass is 10.1. The standard InChI is InChI=1S/C21H27N3O3/c1-15(2)8-10-23-20(25)17-12-18(14-22-13-17)21(26)24-11-9-16-6-4-5-7-19(16)27-3/h4-7,12-15H,8-11H2,1-3H3,(H,23,25)(H,24,26). The first-order chi connectivity index (χ1) is 13.0. The molecule has 0 aliphatic rings. The number of hydrogen-bond acceptors (Lipinski definition) is 4. The summed E-state index contributed by atoms with van der Waals surface area (Å²) >= 11 is 0. The number of methoxy groups -OCH3 is 1. The number of aromatic nitrogens is 1. The Kier molecular flexibility index (Phi) is 7.79. The lowest BCUT2D eigenvalue weighted by Gasteiger charge is -2.10. The first kappa shape index (κ1) is 20.4. The van der Waals surface area contributed by atoms with E-state index in [0.717, 1.165) is 17.7 Å². The number of amides is 2. The summed E-state index contributed by atoms with van der Waals surface area (Å²) in [6, 6.07) is 9.27. The normalized spacial score (nSPS) is 10.5. The summed E-state index contributed by atoms with van der Waals surface area (Å²) in [6.07, 6.45) is 4.49. The number of para-hydroxylation sites is 1. The summed E-state index contributed by atoms with van der Waals surface area (Å²) in [5.41, 5.74) is 1.78. The number of hydrogen-bond donors (Lipinski definition) is 2. The molecule has 0 fully saturated rings. The van der Waals surface area contributed by atoms with Gasteiger partial charge in [0.1, 0.15) is 5.75 Å². The molecule has 144 valence electrons. The van der Waals surface area contributed by atoms with Crippen molar-refractivity contribution in [3.05, 3.63) is 59.4 Å². The van der Waals surface area contributed by atoms with Crippen LogP contribution in [0, 0.1) is 5.92 Å². The highest BCUT2D eigenvalue weighted by Gasteiger charge is 2.11. The second kappa shape index (κ2) is 10.3. The predicted molar refractivity (Wildman–Crippen MR) is 105 cm³/mol. The molecule has 2 N–H and O–H groups in total. The van der Waals surface area contributed by atoms with E-state index in [0.29, 0.717) is 36.6 Å². The highest BCUT2D eigenvalue weighted by atomic mass is 16.5. The molecule has 0 atom stereocenters. The Bertz CT molecular complexity index is 775. The molecule has 0 unspecified atom stereocenters. The van der Waals surface area contributed by atoms with Crippen molar-refractivity contribution in [1.29, 1.82) is 0 Å². The van der Waals surface area contributed by atoms with Crippen LogP contribution in [0.2, 0.25) is 0 Å². The van der Waals surface area contributed by atoms with Crippen LogP contribution in [-0.2, 0) is 6.42 Å². The van der Waals surface area contributed by atoms with Crippen LogP contribution in [0.15, 0.2) is 42.7 Å². The third-order valence-electron chi connectivity index (χ3n) is 4.14. The molecule has 2 amide bonds. The molecule has 6 heteroatoms. The van der Waals surface area contributed by atoms with Crippen LogP contribution in [-0.4, -0.2) is 37.0 Å². The highest BCUT2D eigenvalue weighted by Crippen LogP contribution is 2.17. The molecule has 0 saturated carbocycles. The van der Waals surface area contributed by atoms with Gasteiger partial charge in [-0.15, -0.1) is 0 Å². The molecule has 2 rings (SSSR count). The van der Waals surface area contributed by atoms with Gasteiger partial charge < -0.3 is 15.4 Å². The van der Waals surface area contributed by atoms with Crippen molar-refractivity contribution in [2.75, 3.05) is 20.2 Å². The van der Waals surface area contributed by atoms with Gasteiger partial charge in [0, 0.05) is 25.5 Å². The maximum atomic E-state index is 12.4. The molecule has 0 radical (unpaired) electrons. The van der Waals surface area contributed by atoms with Crippen molar-refractivity contribution in [1.82, 2.24) is 15.6 Å². The van der Waals surface area contributed by atoms with E-state index in [1.165, 1.54) is 12.4 Å². The number of pyridine rings is 1. The zero-order chi connectivity index (χ0) is 19.6. The number of benzene rings is 1. The van der Waals surface area contributed by atoms with Gasteiger partial charge in [-0.25, -0.2) is 0 Å². The first-order valence-corrected chi connectivity index (χ1v) is 9.14. The Morgan fingerprint density at radius 2 is 1.67 bits per heavy atom. The molecule has 27 heavy (non-hydrogen) atoms. The van der Waals surface area contributed by atoms with Crippen LogP contribution in [0.4, 0.5) is 0 Å².